The van der Waals surface area contributed by atoms with Gasteiger partial charge in [-0.25, -0.2) is 15.0 Å². The fourth-order valence-corrected chi connectivity index (χ4v) is 4.49. The summed E-state index contributed by atoms with van der Waals surface area (Å²) < 4.78 is 0. The molecule has 2 aromatic heterocycles. The van der Waals surface area contributed by atoms with Gasteiger partial charge in [0.25, 0.3) is 5.91 Å². The van der Waals surface area contributed by atoms with Crippen molar-refractivity contribution in [1.29, 1.82) is 0 Å². The van der Waals surface area contributed by atoms with Crippen LogP contribution in [0.1, 0.15) is 35.2 Å². The average Bonchev–Trinajstić information content (AvgIpc) is 3.33. The highest BCUT2D eigenvalue weighted by atomic mass is 16.1. The predicted octanol–water partition coefficient (Wildman–Crippen LogP) is 5.27. The number of nitrogens with one attached hydrogen (secondary N) is 1. The zero-order valence-electron chi connectivity index (χ0n) is 18.5. The lowest BCUT2D eigenvalue weighted by Gasteiger charge is -2.16. The molecule has 1 aliphatic rings. The van der Waals surface area contributed by atoms with Gasteiger partial charge in [0.1, 0.15) is 12.1 Å². The maximum Gasteiger partial charge on any atom is 0.256 e. The second-order valence-electron chi connectivity index (χ2n) is 8.20. The molecule has 1 unspecified atom stereocenters. The monoisotopic (exact) mass is 435 g/mol. The average molecular weight is 436 g/mol. The number of benzene rings is 2. The highest BCUT2D eigenvalue weighted by molar-refractivity contribution is 6.04. The Balaban J connectivity index is 1.43. The number of nitrogens with zero attached hydrogens (tertiary/aromatic N) is 4. The van der Waals surface area contributed by atoms with E-state index in [-0.39, 0.29) is 5.91 Å². The summed E-state index contributed by atoms with van der Waals surface area (Å²) in [6.07, 6.45) is 10.5. The van der Waals surface area contributed by atoms with Crippen molar-refractivity contribution in [2.45, 2.75) is 19.3 Å². The van der Waals surface area contributed by atoms with Gasteiger partial charge in [-0.15, -0.1) is 0 Å². The number of hydrogen-bond donors (Lipinski definition) is 1. The highest BCUT2D eigenvalue weighted by Crippen LogP contribution is 2.36. The lowest BCUT2D eigenvalue weighted by molar-refractivity contribution is 0.102. The van der Waals surface area contributed by atoms with Gasteiger partial charge in [-0.2, -0.15) is 0 Å². The Morgan fingerprint density at radius 1 is 1.09 bits per heavy atom. The molecule has 0 spiro atoms. The number of fused-ring (bicyclic) bond motifs is 1. The number of aromatic nitrogens is 3. The molecule has 1 fully saturated rings. The minimum absolute atomic E-state index is 0.185. The first-order valence-electron chi connectivity index (χ1n) is 11.2. The number of rotatable bonds is 5. The van der Waals surface area contributed by atoms with Crippen molar-refractivity contribution in [1.82, 2.24) is 19.9 Å². The number of carbonyl (C=O) groups excluding carboxylic acids is 1. The number of likely N-dealkylation sites (tertiary alicyclic amines) is 1. The summed E-state index contributed by atoms with van der Waals surface area (Å²) >= 11 is 0. The molecule has 1 atom stereocenters. The molecule has 5 rings (SSSR count). The Bertz CT molecular complexity index is 1300. The van der Waals surface area contributed by atoms with E-state index >= 15 is 0 Å². The van der Waals surface area contributed by atoms with E-state index in [1.807, 2.05) is 42.6 Å². The van der Waals surface area contributed by atoms with E-state index in [9.17, 15) is 4.79 Å². The van der Waals surface area contributed by atoms with Crippen LogP contribution in [-0.2, 0) is 0 Å². The fourth-order valence-electron chi connectivity index (χ4n) is 4.49. The molecule has 164 valence electrons. The third-order valence-corrected chi connectivity index (χ3v) is 6.09. The Morgan fingerprint density at radius 2 is 1.97 bits per heavy atom. The van der Waals surface area contributed by atoms with Gasteiger partial charge in [0.05, 0.1) is 5.52 Å². The number of anilines is 1. The lowest BCUT2D eigenvalue weighted by atomic mass is 9.91. The third-order valence-electron chi connectivity index (χ3n) is 6.09. The first kappa shape index (κ1) is 20.8. The van der Waals surface area contributed by atoms with E-state index in [0.717, 1.165) is 41.5 Å². The summed E-state index contributed by atoms with van der Waals surface area (Å²) in [7, 11) is 0. The molecule has 0 aliphatic carbocycles. The summed E-state index contributed by atoms with van der Waals surface area (Å²) in [5.41, 5.74) is 4.95. The maximum absolute atomic E-state index is 12.6. The van der Waals surface area contributed by atoms with Crippen LogP contribution in [0.25, 0.3) is 22.0 Å². The summed E-state index contributed by atoms with van der Waals surface area (Å²) in [5.74, 6) is 0.797. The molecule has 6 nitrogen and oxygen atoms in total. The molecule has 2 aromatic carbocycles. The third kappa shape index (κ3) is 4.32. The standard InChI is InChI=1S/C27H25N5O/c1-2-14-32-15-12-21(17-32)23-11-10-22(24-16-28-18-30-26(23)24)19-6-8-20(9-7-19)27(33)31-25-5-3-4-13-29-25/h2-11,13-14,16,18,21H,12,15,17H2,1H3,(H,29,31,33). The Morgan fingerprint density at radius 3 is 2.76 bits per heavy atom. The Kier molecular flexibility index (Phi) is 5.81. The van der Waals surface area contributed by atoms with Crippen molar-refractivity contribution in [3.05, 3.63) is 96.7 Å². The summed E-state index contributed by atoms with van der Waals surface area (Å²) in [5, 5.41) is 3.85. The first-order valence-corrected chi connectivity index (χ1v) is 11.2. The zero-order valence-corrected chi connectivity index (χ0v) is 18.5. The summed E-state index contributed by atoms with van der Waals surface area (Å²) in [6.45, 7) is 4.12. The number of hydrogen-bond acceptors (Lipinski definition) is 5. The van der Waals surface area contributed by atoms with Gasteiger partial charge in [-0.05, 0) is 60.5 Å². The van der Waals surface area contributed by atoms with E-state index < -0.39 is 0 Å². The molecule has 4 aromatic rings. The van der Waals surface area contributed by atoms with Gasteiger partial charge in [-0.1, -0.05) is 36.4 Å². The second kappa shape index (κ2) is 9.20. The molecule has 1 aliphatic heterocycles. The van der Waals surface area contributed by atoms with E-state index in [1.165, 1.54) is 5.56 Å². The van der Waals surface area contributed by atoms with E-state index in [4.69, 9.17) is 0 Å². The van der Waals surface area contributed by atoms with Gasteiger partial charge >= 0.3 is 0 Å². The minimum atomic E-state index is -0.185. The van der Waals surface area contributed by atoms with Crippen molar-refractivity contribution >= 4 is 22.6 Å². The molecule has 0 radical (unpaired) electrons. The topological polar surface area (TPSA) is 71.0 Å². The number of amides is 1. The highest BCUT2D eigenvalue weighted by Gasteiger charge is 2.24. The molecule has 6 heteroatoms. The molecule has 0 bridgehead atoms. The molecule has 1 amide bonds. The Labute approximate surface area is 193 Å². The van der Waals surface area contributed by atoms with Gasteiger partial charge < -0.3 is 10.2 Å². The number of pyridine rings is 1. The van der Waals surface area contributed by atoms with Crippen LogP contribution < -0.4 is 5.32 Å². The lowest BCUT2D eigenvalue weighted by Crippen LogP contribution is -2.12. The molecule has 1 saturated heterocycles. The fraction of sp³-hybridized carbons (Fsp3) is 0.185. The Hall–Kier alpha value is -4.06. The molecular weight excluding hydrogens is 410 g/mol. The van der Waals surface area contributed by atoms with Crippen molar-refractivity contribution in [3.63, 3.8) is 0 Å². The van der Waals surface area contributed by atoms with E-state index in [0.29, 0.717) is 17.3 Å². The van der Waals surface area contributed by atoms with Crippen LogP contribution >= 0.6 is 0 Å². The van der Waals surface area contributed by atoms with Gasteiger partial charge in [-0.3, -0.25) is 4.79 Å². The van der Waals surface area contributed by atoms with Crippen molar-refractivity contribution in [2.75, 3.05) is 18.4 Å². The largest absolute Gasteiger partial charge is 0.377 e. The first-order chi connectivity index (χ1) is 16.2. The number of carbonyl (C=O) groups is 1. The van der Waals surface area contributed by atoms with Crippen LogP contribution in [0.4, 0.5) is 5.82 Å². The van der Waals surface area contributed by atoms with Gasteiger partial charge in [0, 0.05) is 42.4 Å². The van der Waals surface area contributed by atoms with Crippen LogP contribution in [0.2, 0.25) is 0 Å². The molecule has 1 N–H and O–H groups in total. The molecule has 33 heavy (non-hydrogen) atoms. The van der Waals surface area contributed by atoms with E-state index in [2.05, 4.69) is 56.5 Å². The normalized spacial score (nSPS) is 15.9. The van der Waals surface area contributed by atoms with E-state index in [1.54, 1.807) is 18.6 Å². The molecule has 3 heterocycles. The smallest absolute Gasteiger partial charge is 0.256 e. The van der Waals surface area contributed by atoms with Crippen LogP contribution in [0, 0.1) is 0 Å². The van der Waals surface area contributed by atoms with Crippen LogP contribution in [0.15, 0.2) is 85.6 Å². The SMILES string of the molecule is CC=CN1CCC(c2ccc(-c3ccc(C(=O)Nc4ccccn4)cc3)c3cncnc23)C1. The minimum Gasteiger partial charge on any atom is -0.377 e. The van der Waals surface area contributed by atoms with Crippen LogP contribution in [0.5, 0.6) is 0 Å². The van der Waals surface area contributed by atoms with Crippen molar-refractivity contribution in [3.8, 4) is 11.1 Å². The predicted molar refractivity (Wildman–Crippen MR) is 131 cm³/mol. The number of allylic oxidation sites excluding steroid dienone is 1. The molecule has 0 saturated carbocycles. The maximum atomic E-state index is 12.6. The van der Waals surface area contributed by atoms with Crippen LogP contribution in [-0.4, -0.2) is 38.8 Å². The molecular formula is C27H25N5O. The van der Waals surface area contributed by atoms with Gasteiger partial charge in [0.2, 0.25) is 0 Å². The van der Waals surface area contributed by atoms with Crippen molar-refractivity contribution in [2.24, 2.45) is 0 Å². The summed E-state index contributed by atoms with van der Waals surface area (Å²) in [4.78, 5) is 28.0. The quantitative estimate of drug-likeness (QED) is 0.463. The zero-order chi connectivity index (χ0) is 22.6. The second-order valence-corrected chi connectivity index (χ2v) is 8.20. The summed E-state index contributed by atoms with van der Waals surface area (Å²) in [6, 6.07) is 17.4. The van der Waals surface area contributed by atoms with Crippen LogP contribution in [0.3, 0.4) is 0 Å². The van der Waals surface area contributed by atoms with Crippen molar-refractivity contribution < 1.29 is 4.79 Å². The van der Waals surface area contributed by atoms with Gasteiger partial charge in [0.15, 0.2) is 0 Å².